The molecule has 0 fully saturated rings. The van der Waals surface area contributed by atoms with Crippen molar-refractivity contribution in [3.8, 4) is 0 Å². The standard InChI is InChI=1S/2F2NO4S2.2Li/c2*1-8(4,5)3-9(2,6)7;;/q2*-1;2*+1. The Labute approximate surface area is 136 Å². The van der Waals surface area contributed by atoms with E-state index in [0.29, 0.717) is 0 Å². The minimum Gasteiger partial charge on any atom is -0.379 e. The van der Waals surface area contributed by atoms with Gasteiger partial charge in [0.15, 0.2) is 0 Å². The minimum absolute atomic E-state index is 0. The Hall–Kier alpha value is 0.635. The molecule has 0 saturated heterocycles. The van der Waals surface area contributed by atoms with Gasteiger partial charge in [-0.2, -0.15) is 0 Å². The molecule has 0 bridgehead atoms. The van der Waals surface area contributed by atoms with Crippen molar-refractivity contribution in [2.45, 2.75) is 0 Å². The van der Waals surface area contributed by atoms with E-state index in [2.05, 4.69) is 0 Å². The van der Waals surface area contributed by atoms with Gasteiger partial charge in [-0.25, -0.2) is 33.7 Å². The molecule has 20 heteroatoms. The van der Waals surface area contributed by atoms with Crippen molar-refractivity contribution < 1.29 is 86.9 Å². The van der Waals surface area contributed by atoms with Gasteiger partial charge in [-0.05, 0) is 0 Å². The molecule has 0 amide bonds. The van der Waals surface area contributed by atoms with Crippen LogP contribution in [0, 0.1) is 0 Å². The Morgan fingerprint density at radius 1 is 0.450 bits per heavy atom. The molecule has 0 radical (unpaired) electrons. The van der Waals surface area contributed by atoms with Crippen LogP contribution in [0.5, 0.6) is 0 Å². The second kappa shape index (κ2) is 9.61. The van der Waals surface area contributed by atoms with E-state index >= 15 is 0 Å². The molecule has 0 aromatic carbocycles. The summed E-state index contributed by atoms with van der Waals surface area (Å²) in [6.07, 6.45) is 0. The number of nitrogens with zero attached hydrogens (tertiary/aromatic N) is 2. The van der Waals surface area contributed by atoms with E-state index in [0.717, 1.165) is 8.25 Å². The van der Waals surface area contributed by atoms with Crippen molar-refractivity contribution in [3.05, 3.63) is 8.25 Å². The third kappa shape index (κ3) is 36.3. The van der Waals surface area contributed by atoms with Crippen LogP contribution >= 0.6 is 0 Å². The van der Waals surface area contributed by atoms with Crippen molar-refractivity contribution in [2.75, 3.05) is 0 Å². The summed E-state index contributed by atoms with van der Waals surface area (Å²) < 4.78 is 120. The first kappa shape index (κ1) is 28.7. The van der Waals surface area contributed by atoms with E-state index in [9.17, 15) is 49.2 Å². The number of hydrogen-bond donors (Lipinski definition) is 0. The minimum atomic E-state index is -5.62. The van der Waals surface area contributed by atoms with Crippen LogP contribution in [0.4, 0.5) is 15.5 Å². The monoisotopic (exact) mass is 374 g/mol. The van der Waals surface area contributed by atoms with E-state index in [1.807, 2.05) is 0 Å². The van der Waals surface area contributed by atoms with Gasteiger partial charge in [0.05, 0.1) is 0 Å². The first-order chi connectivity index (χ1) is 7.41. The van der Waals surface area contributed by atoms with Gasteiger partial charge in [0, 0.05) is 0 Å². The second-order valence-electron chi connectivity index (χ2n) is 1.80. The van der Waals surface area contributed by atoms with Gasteiger partial charge in [-0.3, -0.25) is 0 Å². The molecule has 0 aliphatic carbocycles. The van der Waals surface area contributed by atoms with E-state index < -0.39 is 41.6 Å². The molecule has 0 saturated carbocycles. The van der Waals surface area contributed by atoms with Gasteiger partial charge in [-0.1, -0.05) is 0 Å². The van der Waals surface area contributed by atoms with Gasteiger partial charge in [-0.15, -0.1) is 15.5 Å². The third-order valence-electron chi connectivity index (χ3n) is 0.356. The van der Waals surface area contributed by atoms with Crippen LogP contribution in [0.3, 0.4) is 0 Å². The molecule has 0 aliphatic rings. The van der Waals surface area contributed by atoms with Crippen molar-refractivity contribution in [1.29, 1.82) is 0 Å². The summed E-state index contributed by atoms with van der Waals surface area (Å²) in [4.78, 5) is 0. The topological polar surface area (TPSA) is 165 Å². The molecular formula is F4Li2N2O8S4. The van der Waals surface area contributed by atoms with Crippen molar-refractivity contribution in [2.24, 2.45) is 0 Å². The Balaban J connectivity index is -0.000000116. The fourth-order valence-corrected chi connectivity index (χ4v) is 1.91. The maximum atomic E-state index is 11.1. The molecule has 0 atom stereocenters. The average molecular weight is 374 g/mol. The summed E-state index contributed by atoms with van der Waals surface area (Å²) in [6, 6.07) is 0. The zero-order chi connectivity index (χ0) is 15.4. The van der Waals surface area contributed by atoms with Crippen LogP contribution < -0.4 is 37.7 Å². The molecule has 0 spiro atoms. The van der Waals surface area contributed by atoms with Crippen LogP contribution in [0.25, 0.3) is 8.25 Å². The maximum Gasteiger partial charge on any atom is 1.00 e. The molecule has 112 valence electrons. The zero-order valence-electron chi connectivity index (χ0n) is 9.31. The summed E-state index contributed by atoms with van der Waals surface area (Å²) in [5.74, 6) is 0. The third-order valence-corrected chi connectivity index (χ3v) is 3.21. The van der Waals surface area contributed by atoms with Crippen LogP contribution in [-0.2, 0) is 41.6 Å². The average Bonchev–Trinajstić information content (AvgIpc) is 1.64. The van der Waals surface area contributed by atoms with Gasteiger partial charge < -0.3 is 8.25 Å². The van der Waals surface area contributed by atoms with E-state index in [1.165, 1.54) is 0 Å². The predicted octanol–water partition coefficient (Wildman–Crippen LogP) is -6.41. The first-order valence-corrected chi connectivity index (χ1v) is 8.04. The maximum absolute atomic E-state index is 11.1. The number of halogens is 4. The number of rotatable bonds is 4. The molecule has 0 heterocycles. The Bertz CT molecular complexity index is 555. The summed E-state index contributed by atoms with van der Waals surface area (Å²) in [7, 11) is -22.5. The van der Waals surface area contributed by atoms with Gasteiger partial charge in [0.25, 0.3) is 0 Å². The van der Waals surface area contributed by atoms with E-state index in [1.54, 1.807) is 0 Å². The molecule has 0 N–H and O–H groups in total. The second-order valence-corrected chi connectivity index (χ2v) is 6.29. The summed E-state index contributed by atoms with van der Waals surface area (Å²) in [5.41, 5.74) is 0. The molecule has 10 nitrogen and oxygen atoms in total. The van der Waals surface area contributed by atoms with Crippen LogP contribution in [0.1, 0.15) is 0 Å². The Morgan fingerprint density at radius 2 is 0.550 bits per heavy atom. The Morgan fingerprint density at radius 3 is 0.550 bits per heavy atom. The fraction of sp³-hybridized carbons (Fsp3) is 0. The fourth-order valence-electron chi connectivity index (χ4n) is 0.213. The summed E-state index contributed by atoms with van der Waals surface area (Å²) in [5, 5.41) is 0. The van der Waals surface area contributed by atoms with Crippen LogP contribution in [0.15, 0.2) is 0 Å². The van der Waals surface area contributed by atoms with Gasteiger partial charge in [0.2, 0.25) is 41.6 Å². The smallest absolute Gasteiger partial charge is 0.379 e. The van der Waals surface area contributed by atoms with Crippen LogP contribution in [-0.4, -0.2) is 33.7 Å². The quantitative estimate of drug-likeness (QED) is 0.266. The zero-order valence-corrected chi connectivity index (χ0v) is 12.6. The first-order valence-electron chi connectivity index (χ1n) is 2.68. The van der Waals surface area contributed by atoms with Crippen LogP contribution in [0.2, 0.25) is 0 Å². The largest absolute Gasteiger partial charge is 1.00 e. The SMILES string of the molecule is O=S(=O)(F)[N-]S(=O)(=O)F.O=S(=O)(F)[N-]S(=O)(=O)F.[Li+].[Li+]. The predicted molar refractivity (Wildman–Crippen MR) is 46.8 cm³/mol. The molecule has 0 unspecified atom stereocenters. The molecule has 20 heavy (non-hydrogen) atoms. The van der Waals surface area contributed by atoms with Gasteiger partial charge in [0.1, 0.15) is 0 Å². The molecule has 0 aromatic heterocycles. The molecule has 0 aliphatic heterocycles. The normalized spacial score (nSPS) is 12.2. The van der Waals surface area contributed by atoms with Crippen molar-refractivity contribution >= 4 is 41.6 Å². The molecule has 0 rings (SSSR count). The summed E-state index contributed by atoms with van der Waals surface area (Å²) in [6.45, 7) is 0. The van der Waals surface area contributed by atoms with Crippen molar-refractivity contribution in [3.63, 3.8) is 0 Å². The molecular weight excluding hydrogens is 374 g/mol. The number of hydrogen-bond acceptors (Lipinski definition) is 8. The molecule has 0 aromatic rings. The van der Waals surface area contributed by atoms with E-state index in [4.69, 9.17) is 0 Å². The Kier molecular flexibility index (Phi) is 13.8. The summed E-state index contributed by atoms with van der Waals surface area (Å²) >= 11 is 0. The van der Waals surface area contributed by atoms with E-state index in [-0.39, 0.29) is 37.7 Å². The van der Waals surface area contributed by atoms with Crippen molar-refractivity contribution in [1.82, 2.24) is 0 Å². The van der Waals surface area contributed by atoms with Gasteiger partial charge >= 0.3 is 37.7 Å².